The molecule has 0 aliphatic carbocycles. The lowest BCUT2D eigenvalue weighted by molar-refractivity contribution is 0.0598. The maximum Gasteiger partial charge on any atom is 0.342 e. The molecule has 0 aliphatic heterocycles. The zero-order valence-electron chi connectivity index (χ0n) is 11.6. The van der Waals surface area contributed by atoms with E-state index in [1.54, 1.807) is 13.0 Å². The summed E-state index contributed by atoms with van der Waals surface area (Å²) in [7, 11) is 1.19. The summed E-state index contributed by atoms with van der Waals surface area (Å²) in [6.07, 6.45) is 0. The Morgan fingerprint density at radius 2 is 2.00 bits per heavy atom. The Kier molecular flexibility index (Phi) is 3.80. The Labute approximate surface area is 120 Å². The van der Waals surface area contributed by atoms with Gasteiger partial charge in [0.25, 0.3) is 5.91 Å². The molecule has 0 radical (unpaired) electrons. The molecule has 0 unspecified atom stereocenters. The zero-order chi connectivity index (χ0) is 15.6. The minimum absolute atomic E-state index is 0.00840. The Balaban J connectivity index is 2.35. The first-order chi connectivity index (χ1) is 9.97. The number of methoxy groups -OCH3 is 1. The van der Waals surface area contributed by atoms with Gasteiger partial charge in [0.05, 0.1) is 7.11 Å². The second-order valence-electron chi connectivity index (χ2n) is 4.21. The molecule has 0 aliphatic rings. The van der Waals surface area contributed by atoms with Crippen molar-refractivity contribution in [1.29, 1.82) is 5.26 Å². The number of hydrogen-bond donors (Lipinski definition) is 1. The number of furan rings is 2. The van der Waals surface area contributed by atoms with Crippen LogP contribution >= 0.6 is 0 Å². The summed E-state index contributed by atoms with van der Waals surface area (Å²) in [5, 5.41) is 11.6. The molecular weight excluding hydrogens is 276 g/mol. The van der Waals surface area contributed by atoms with E-state index in [1.165, 1.54) is 20.1 Å². The average Bonchev–Trinajstić information content (AvgIpc) is 3.01. The van der Waals surface area contributed by atoms with Gasteiger partial charge in [-0.25, -0.2) is 4.79 Å². The van der Waals surface area contributed by atoms with Crippen molar-refractivity contribution in [3.8, 4) is 6.07 Å². The van der Waals surface area contributed by atoms with E-state index in [0.717, 1.165) is 0 Å². The molecule has 0 saturated carbocycles. The molecular formula is C14H12N2O5. The SMILES string of the molecule is COC(=O)c1c(C)oc(NC(=O)c2ccc(C)o2)c1C#N. The molecule has 2 aromatic rings. The number of carbonyl (C=O) groups excluding carboxylic acids is 2. The number of amides is 1. The Morgan fingerprint density at radius 3 is 2.52 bits per heavy atom. The molecule has 7 nitrogen and oxygen atoms in total. The summed E-state index contributed by atoms with van der Waals surface area (Å²) in [5.41, 5.74) is -0.0955. The summed E-state index contributed by atoms with van der Waals surface area (Å²) in [4.78, 5) is 23.6. The standard InChI is InChI=1S/C14H12N2O5/c1-7-4-5-10(20-7)12(17)16-13-9(6-15)11(8(2)21-13)14(18)19-3/h4-5H,1-3H3,(H,16,17). The maximum atomic E-state index is 12.0. The van der Waals surface area contributed by atoms with Crippen LogP contribution in [0.3, 0.4) is 0 Å². The molecule has 108 valence electrons. The van der Waals surface area contributed by atoms with Crippen molar-refractivity contribution in [3.05, 3.63) is 40.5 Å². The predicted molar refractivity (Wildman–Crippen MR) is 70.9 cm³/mol. The van der Waals surface area contributed by atoms with Crippen molar-refractivity contribution in [2.45, 2.75) is 13.8 Å². The second kappa shape index (κ2) is 5.54. The monoisotopic (exact) mass is 288 g/mol. The van der Waals surface area contributed by atoms with Crippen molar-refractivity contribution < 1.29 is 23.2 Å². The highest BCUT2D eigenvalue weighted by Crippen LogP contribution is 2.27. The number of nitrogens with one attached hydrogen (secondary N) is 1. The first-order valence-corrected chi connectivity index (χ1v) is 5.97. The molecule has 7 heteroatoms. The number of carbonyl (C=O) groups is 2. The van der Waals surface area contributed by atoms with E-state index < -0.39 is 11.9 Å². The number of nitriles is 1. The quantitative estimate of drug-likeness (QED) is 0.869. The largest absolute Gasteiger partial charge is 0.465 e. The molecule has 2 heterocycles. The molecule has 21 heavy (non-hydrogen) atoms. The van der Waals surface area contributed by atoms with Gasteiger partial charge in [-0.15, -0.1) is 0 Å². The summed E-state index contributed by atoms with van der Waals surface area (Å²) in [5.74, 6) is -0.567. The van der Waals surface area contributed by atoms with Crippen LogP contribution in [-0.4, -0.2) is 19.0 Å². The molecule has 2 rings (SSSR count). The van der Waals surface area contributed by atoms with Crippen LogP contribution in [0, 0.1) is 25.2 Å². The van der Waals surface area contributed by atoms with Crippen molar-refractivity contribution >= 4 is 17.8 Å². The fourth-order valence-corrected chi connectivity index (χ4v) is 1.81. The maximum absolute atomic E-state index is 12.0. The zero-order valence-corrected chi connectivity index (χ0v) is 11.6. The topological polar surface area (TPSA) is 105 Å². The van der Waals surface area contributed by atoms with Crippen molar-refractivity contribution in [2.24, 2.45) is 0 Å². The highest BCUT2D eigenvalue weighted by Gasteiger charge is 2.26. The van der Waals surface area contributed by atoms with Crippen LogP contribution in [0.15, 0.2) is 21.0 Å². The van der Waals surface area contributed by atoms with Gasteiger partial charge >= 0.3 is 5.97 Å². The molecule has 0 aromatic carbocycles. The van der Waals surface area contributed by atoms with E-state index in [1.807, 2.05) is 6.07 Å². The lowest BCUT2D eigenvalue weighted by atomic mass is 10.1. The molecule has 0 spiro atoms. The van der Waals surface area contributed by atoms with Crippen LogP contribution in [0.4, 0.5) is 5.88 Å². The normalized spacial score (nSPS) is 10.0. The summed E-state index contributed by atoms with van der Waals surface area (Å²) >= 11 is 0. The molecule has 0 atom stereocenters. The lowest BCUT2D eigenvalue weighted by Crippen LogP contribution is -2.11. The summed E-state index contributed by atoms with van der Waals surface area (Å²) in [6, 6.07) is 4.95. The van der Waals surface area contributed by atoms with Crippen molar-refractivity contribution in [1.82, 2.24) is 0 Å². The minimum Gasteiger partial charge on any atom is -0.465 e. The van der Waals surface area contributed by atoms with Crippen molar-refractivity contribution in [2.75, 3.05) is 12.4 Å². The van der Waals surface area contributed by atoms with E-state index in [0.29, 0.717) is 5.76 Å². The van der Waals surface area contributed by atoms with Gasteiger partial charge in [0, 0.05) is 0 Å². The van der Waals surface area contributed by atoms with Gasteiger partial charge in [-0.1, -0.05) is 0 Å². The molecule has 0 saturated heterocycles. The first kappa shape index (κ1) is 14.4. The lowest BCUT2D eigenvalue weighted by Gasteiger charge is -1.99. The highest BCUT2D eigenvalue weighted by atomic mass is 16.5. The molecule has 0 bridgehead atoms. The minimum atomic E-state index is -0.706. The number of nitrogens with zero attached hydrogens (tertiary/aromatic N) is 1. The third-order valence-electron chi connectivity index (χ3n) is 2.78. The highest BCUT2D eigenvalue weighted by molar-refractivity contribution is 6.04. The smallest absolute Gasteiger partial charge is 0.342 e. The van der Waals surface area contributed by atoms with Crippen LogP contribution in [-0.2, 0) is 4.74 Å². The van der Waals surface area contributed by atoms with Crippen LogP contribution in [0.1, 0.15) is 38.0 Å². The average molecular weight is 288 g/mol. The fourth-order valence-electron chi connectivity index (χ4n) is 1.81. The van der Waals surface area contributed by atoms with E-state index >= 15 is 0 Å². The van der Waals surface area contributed by atoms with E-state index in [-0.39, 0.29) is 28.5 Å². The third-order valence-corrected chi connectivity index (χ3v) is 2.78. The number of ether oxygens (including phenoxy) is 1. The van der Waals surface area contributed by atoms with Gasteiger partial charge in [-0.05, 0) is 26.0 Å². The van der Waals surface area contributed by atoms with Crippen LogP contribution < -0.4 is 5.32 Å². The first-order valence-electron chi connectivity index (χ1n) is 5.97. The number of anilines is 1. The Bertz CT molecular complexity index is 748. The summed E-state index contributed by atoms with van der Waals surface area (Å²) < 4.78 is 15.0. The second-order valence-corrected chi connectivity index (χ2v) is 4.21. The third kappa shape index (κ3) is 2.65. The Hall–Kier alpha value is -3.01. The molecule has 2 aromatic heterocycles. The van der Waals surface area contributed by atoms with Gasteiger partial charge in [0.15, 0.2) is 5.76 Å². The fraction of sp³-hybridized carbons (Fsp3) is 0.214. The van der Waals surface area contributed by atoms with E-state index in [9.17, 15) is 9.59 Å². The van der Waals surface area contributed by atoms with Crippen LogP contribution in [0.2, 0.25) is 0 Å². The van der Waals surface area contributed by atoms with E-state index in [2.05, 4.69) is 10.1 Å². The van der Waals surface area contributed by atoms with E-state index in [4.69, 9.17) is 14.1 Å². The molecule has 1 N–H and O–H groups in total. The number of esters is 1. The van der Waals surface area contributed by atoms with Crippen LogP contribution in [0.5, 0.6) is 0 Å². The molecule has 1 amide bonds. The van der Waals surface area contributed by atoms with Gasteiger partial charge in [-0.2, -0.15) is 5.26 Å². The van der Waals surface area contributed by atoms with Gasteiger partial charge in [-0.3, -0.25) is 10.1 Å². The molecule has 0 fully saturated rings. The Morgan fingerprint density at radius 1 is 1.29 bits per heavy atom. The van der Waals surface area contributed by atoms with Crippen molar-refractivity contribution in [3.63, 3.8) is 0 Å². The van der Waals surface area contributed by atoms with Gasteiger partial charge < -0.3 is 13.6 Å². The predicted octanol–water partition coefficient (Wildman–Crippen LogP) is 2.40. The van der Waals surface area contributed by atoms with Gasteiger partial charge in [0.2, 0.25) is 5.88 Å². The summed E-state index contributed by atoms with van der Waals surface area (Å²) in [6.45, 7) is 3.20. The number of rotatable bonds is 3. The number of aryl methyl sites for hydroxylation is 2. The van der Waals surface area contributed by atoms with Gasteiger partial charge in [0.1, 0.15) is 28.7 Å². The van der Waals surface area contributed by atoms with Crippen LogP contribution in [0.25, 0.3) is 0 Å². The number of hydrogen-bond acceptors (Lipinski definition) is 6.